The van der Waals surface area contributed by atoms with Gasteiger partial charge in [0.25, 0.3) is 15.9 Å². The highest BCUT2D eigenvalue weighted by molar-refractivity contribution is 7.92. The standard InChI is InChI=1S/C19H20N2O5S/c1-3-13-20-18(22)16-7-5-6-8-17(16)21-27(24,25)15-11-9-14(10-12-15)19(23)26-4-2/h3,5-12,21H,1,4,13H2,2H3,(H,20,22). The topological polar surface area (TPSA) is 102 Å². The number of anilines is 1. The second kappa shape index (κ2) is 9.00. The lowest BCUT2D eigenvalue weighted by atomic mass is 10.1. The minimum atomic E-state index is -3.95. The predicted molar refractivity (Wildman–Crippen MR) is 102 cm³/mol. The van der Waals surface area contributed by atoms with Gasteiger partial charge in [0, 0.05) is 6.54 Å². The van der Waals surface area contributed by atoms with Crippen molar-refractivity contribution in [2.45, 2.75) is 11.8 Å². The molecule has 0 unspecified atom stereocenters. The fourth-order valence-electron chi connectivity index (χ4n) is 2.22. The van der Waals surface area contributed by atoms with Gasteiger partial charge in [-0.05, 0) is 43.3 Å². The summed E-state index contributed by atoms with van der Waals surface area (Å²) in [5, 5.41) is 2.60. The average Bonchev–Trinajstić information content (AvgIpc) is 2.66. The smallest absolute Gasteiger partial charge is 0.338 e. The van der Waals surface area contributed by atoms with Crippen LogP contribution in [0.4, 0.5) is 5.69 Å². The van der Waals surface area contributed by atoms with Crippen molar-refractivity contribution in [2.24, 2.45) is 0 Å². The number of benzene rings is 2. The summed E-state index contributed by atoms with van der Waals surface area (Å²) in [7, 11) is -3.95. The molecule has 27 heavy (non-hydrogen) atoms. The maximum atomic E-state index is 12.6. The van der Waals surface area contributed by atoms with Crippen molar-refractivity contribution in [3.63, 3.8) is 0 Å². The molecule has 0 fully saturated rings. The number of hydrogen-bond donors (Lipinski definition) is 2. The molecule has 7 nitrogen and oxygen atoms in total. The lowest BCUT2D eigenvalue weighted by Crippen LogP contribution is -2.25. The van der Waals surface area contributed by atoms with Gasteiger partial charge < -0.3 is 10.1 Å². The minimum Gasteiger partial charge on any atom is -0.462 e. The van der Waals surface area contributed by atoms with Crippen molar-refractivity contribution in [3.05, 3.63) is 72.3 Å². The number of para-hydroxylation sites is 1. The van der Waals surface area contributed by atoms with E-state index in [2.05, 4.69) is 16.6 Å². The lowest BCUT2D eigenvalue weighted by Gasteiger charge is -2.12. The Morgan fingerprint density at radius 1 is 1.11 bits per heavy atom. The zero-order valence-corrected chi connectivity index (χ0v) is 15.6. The molecule has 0 spiro atoms. The van der Waals surface area contributed by atoms with E-state index in [0.29, 0.717) is 0 Å². The molecule has 0 aliphatic rings. The molecule has 8 heteroatoms. The second-order valence-corrected chi connectivity index (χ2v) is 7.08. The normalized spacial score (nSPS) is 10.7. The van der Waals surface area contributed by atoms with Crippen molar-refractivity contribution in [1.29, 1.82) is 0 Å². The minimum absolute atomic E-state index is 0.0446. The van der Waals surface area contributed by atoms with Crippen molar-refractivity contribution < 1.29 is 22.7 Å². The highest BCUT2D eigenvalue weighted by Crippen LogP contribution is 2.20. The Labute approximate surface area is 158 Å². The van der Waals surface area contributed by atoms with Crippen molar-refractivity contribution in [1.82, 2.24) is 5.32 Å². The van der Waals surface area contributed by atoms with Crippen molar-refractivity contribution in [3.8, 4) is 0 Å². The van der Waals surface area contributed by atoms with Gasteiger partial charge in [0.2, 0.25) is 0 Å². The van der Waals surface area contributed by atoms with Crippen LogP contribution >= 0.6 is 0 Å². The Kier molecular flexibility index (Phi) is 6.73. The highest BCUT2D eigenvalue weighted by Gasteiger charge is 2.19. The van der Waals surface area contributed by atoms with Crippen molar-refractivity contribution in [2.75, 3.05) is 17.9 Å². The summed E-state index contributed by atoms with van der Waals surface area (Å²) in [6, 6.07) is 11.6. The molecular formula is C19H20N2O5S. The molecule has 1 amide bonds. The van der Waals surface area contributed by atoms with Gasteiger partial charge in [0.15, 0.2) is 0 Å². The fourth-order valence-corrected chi connectivity index (χ4v) is 3.30. The fraction of sp³-hybridized carbons (Fsp3) is 0.158. The maximum Gasteiger partial charge on any atom is 0.338 e. The van der Waals surface area contributed by atoms with E-state index in [-0.39, 0.29) is 34.9 Å². The Hall–Kier alpha value is -3.13. The van der Waals surface area contributed by atoms with Gasteiger partial charge in [-0.2, -0.15) is 0 Å². The molecule has 0 aromatic heterocycles. The van der Waals surface area contributed by atoms with Crippen LogP contribution in [0.1, 0.15) is 27.6 Å². The number of carbonyl (C=O) groups is 2. The molecule has 2 aromatic rings. The molecule has 0 aliphatic heterocycles. The molecule has 0 atom stereocenters. The van der Waals surface area contributed by atoms with E-state index < -0.39 is 21.9 Å². The molecule has 142 valence electrons. The third kappa shape index (κ3) is 5.18. The molecule has 0 radical (unpaired) electrons. The van der Waals surface area contributed by atoms with Crippen LogP contribution in [0.2, 0.25) is 0 Å². The van der Waals surface area contributed by atoms with Gasteiger partial charge in [-0.1, -0.05) is 18.2 Å². The number of ether oxygens (including phenoxy) is 1. The SMILES string of the molecule is C=CCNC(=O)c1ccccc1NS(=O)(=O)c1ccc(C(=O)OCC)cc1. The average molecular weight is 388 g/mol. The summed E-state index contributed by atoms with van der Waals surface area (Å²) in [6.45, 7) is 5.69. The summed E-state index contributed by atoms with van der Waals surface area (Å²) in [6.07, 6.45) is 1.52. The van der Waals surface area contributed by atoms with Gasteiger partial charge in [0.1, 0.15) is 0 Å². The zero-order chi connectivity index (χ0) is 19.9. The molecule has 0 aliphatic carbocycles. The van der Waals surface area contributed by atoms with E-state index in [0.717, 1.165) is 0 Å². The first kappa shape index (κ1) is 20.2. The largest absolute Gasteiger partial charge is 0.462 e. The Balaban J connectivity index is 2.25. The van der Waals surface area contributed by atoms with Crippen molar-refractivity contribution >= 4 is 27.6 Å². The monoisotopic (exact) mass is 388 g/mol. The van der Waals surface area contributed by atoms with Crippen LogP contribution in [0.5, 0.6) is 0 Å². The molecular weight excluding hydrogens is 368 g/mol. The Morgan fingerprint density at radius 3 is 2.41 bits per heavy atom. The first-order valence-corrected chi connectivity index (χ1v) is 9.65. The van der Waals surface area contributed by atoms with Gasteiger partial charge >= 0.3 is 5.97 Å². The predicted octanol–water partition coefficient (Wildman–Crippen LogP) is 2.58. The molecule has 0 bridgehead atoms. The van der Waals surface area contributed by atoms with Gasteiger partial charge in [-0.3, -0.25) is 9.52 Å². The summed E-state index contributed by atoms with van der Waals surface area (Å²) in [5.41, 5.74) is 0.583. The van der Waals surface area contributed by atoms with Gasteiger partial charge in [-0.25, -0.2) is 13.2 Å². The number of amides is 1. The molecule has 0 heterocycles. The highest BCUT2D eigenvalue weighted by atomic mass is 32.2. The van der Waals surface area contributed by atoms with Crippen LogP contribution < -0.4 is 10.0 Å². The lowest BCUT2D eigenvalue weighted by molar-refractivity contribution is 0.0526. The van der Waals surface area contributed by atoms with E-state index in [1.807, 2.05) is 0 Å². The van der Waals surface area contributed by atoms with Crippen LogP contribution in [0, 0.1) is 0 Å². The molecule has 0 saturated heterocycles. The van der Waals surface area contributed by atoms with E-state index in [4.69, 9.17) is 4.74 Å². The van der Waals surface area contributed by atoms with E-state index >= 15 is 0 Å². The molecule has 2 rings (SSSR count). The molecule has 2 aromatic carbocycles. The number of sulfonamides is 1. The quantitative estimate of drug-likeness (QED) is 0.535. The summed E-state index contributed by atoms with van der Waals surface area (Å²) >= 11 is 0. The molecule has 2 N–H and O–H groups in total. The number of hydrogen-bond acceptors (Lipinski definition) is 5. The first-order chi connectivity index (χ1) is 12.9. The Bertz CT molecular complexity index is 937. The summed E-state index contributed by atoms with van der Waals surface area (Å²) in [5.74, 6) is -0.954. The van der Waals surface area contributed by atoms with Crippen LogP contribution in [0.25, 0.3) is 0 Å². The summed E-state index contributed by atoms with van der Waals surface area (Å²) in [4.78, 5) is 23.8. The third-order valence-corrected chi connectivity index (χ3v) is 4.88. The van der Waals surface area contributed by atoms with E-state index in [1.54, 1.807) is 19.1 Å². The van der Waals surface area contributed by atoms with Gasteiger partial charge in [0.05, 0.1) is 28.3 Å². The van der Waals surface area contributed by atoms with Crippen LogP contribution in [-0.4, -0.2) is 33.4 Å². The van der Waals surface area contributed by atoms with Gasteiger partial charge in [-0.15, -0.1) is 6.58 Å². The van der Waals surface area contributed by atoms with E-state index in [1.165, 1.54) is 42.5 Å². The first-order valence-electron chi connectivity index (χ1n) is 8.17. The van der Waals surface area contributed by atoms with E-state index in [9.17, 15) is 18.0 Å². The number of carbonyl (C=O) groups excluding carboxylic acids is 2. The maximum absolute atomic E-state index is 12.6. The second-order valence-electron chi connectivity index (χ2n) is 5.39. The zero-order valence-electron chi connectivity index (χ0n) is 14.8. The number of esters is 1. The molecule has 0 saturated carbocycles. The Morgan fingerprint density at radius 2 is 1.78 bits per heavy atom. The third-order valence-electron chi connectivity index (χ3n) is 3.50. The number of rotatable bonds is 8. The van der Waals surface area contributed by atoms with Crippen LogP contribution in [0.15, 0.2) is 66.1 Å². The number of nitrogens with one attached hydrogen (secondary N) is 2. The summed E-state index contributed by atoms with van der Waals surface area (Å²) < 4.78 is 32.5. The van der Waals surface area contributed by atoms with Crippen LogP contribution in [0.3, 0.4) is 0 Å². The van der Waals surface area contributed by atoms with Crippen LogP contribution in [-0.2, 0) is 14.8 Å².